The van der Waals surface area contributed by atoms with Crippen LogP contribution < -0.4 is 0 Å². The Morgan fingerprint density at radius 1 is 0.750 bits per heavy atom. The molecule has 0 spiro atoms. The first-order valence-corrected chi connectivity index (χ1v) is 2.58. The van der Waals surface area contributed by atoms with Gasteiger partial charge >= 0.3 is 0 Å². The topological polar surface area (TPSA) is 9.23 Å². The van der Waals surface area contributed by atoms with Gasteiger partial charge in [-0.05, 0) is 19.3 Å². The summed E-state index contributed by atoms with van der Waals surface area (Å²) in [5.41, 5.74) is 0. The largest absolute Gasteiger partial charge is 0.381 e. The van der Waals surface area contributed by atoms with E-state index in [-0.39, 0.29) is 24.8 Å². The van der Waals surface area contributed by atoms with Crippen LogP contribution in [-0.2, 0) is 4.74 Å². The van der Waals surface area contributed by atoms with Gasteiger partial charge in [-0.1, -0.05) is 0 Å². The number of halogens is 2. The maximum atomic E-state index is 5.07. The van der Waals surface area contributed by atoms with Crippen molar-refractivity contribution in [1.29, 1.82) is 0 Å². The molecule has 8 heavy (non-hydrogen) atoms. The summed E-state index contributed by atoms with van der Waals surface area (Å²) >= 11 is 0. The summed E-state index contributed by atoms with van der Waals surface area (Å²) in [6.45, 7) is 2.00. The molecule has 0 bridgehead atoms. The van der Waals surface area contributed by atoms with Crippen LogP contribution in [0.1, 0.15) is 19.3 Å². The highest BCUT2D eigenvalue weighted by molar-refractivity contribution is 5.85. The lowest BCUT2D eigenvalue weighted by Gasteiger charge is -2.08. The molecule has 52 valence electrons. The first kappa shape index (κ1) is 11.4. The zero-order valence-corrected chi connectivity index (χ0v) is 6.39. The Hall–Kier alpha value is 0.540. The lowest BCUT2D eigenvalue weighted by molar-refractivity contribution is 0.0968. The Labute approximate surface area is 62.6 Å². The lowest BCUT2D eigenvalue weighted by Crippen LogP contribution is -2.03. The van der Waals surface area contributed by atoms with Crippen LogP contribution in [0.3, 0.4) is 0 Å². The van der Waals surface area contributed by atoms with E-state index in [0.717, 1.165) is 13.2 Å². The molecule has 0 aromatic heterocycles. The van der Waals surface area contributed by atoms with Crippen molar-refractivity contribution in [3.05, 3.63) is 0 Å². The summed E-state index contributed by atoms with van der Waals surface area (Å²) < 4.78 is 5.07. The quantitative estimate of drug-likeness (QED) is 0.525. The van der Waals surface area contributed by atoms with Gasteiger partial charge in [0.15, 0.2) is 0 Å². The molecule has 0 aliphatic carbocycles. The molecule has 0 N–H and O–H groups in total. The van der Waals surface area contributed by atoms with Gasteiger partial charge in [-0.3, -0.25) is 0 Å². The van der Waals surface area contributed by atoms with Gasteiger partial charge in [0.25, 0.3) is 0 Å². The Kier molecular flexibility index (Phi) is 10.7. The first-order valence-electron chi connectivity index (χ1n) is 2.58. The molecule has 0 amide bonds. The maximum Gasteiger partial charge on any atom is 0.0466 e. The van der Waals surface area contributed by atoms with Crippen LogP contribution in [-0.4, -0.2) is 13.2 Å². The molecular weight excluding hydrogens is 147 g/mol. The molecule has 1 fully saturated rings. The summed E-state index contributed by atoms with van der Waals surface area (Å²) in [5, 5.41) is 0. The summed E-state index contributed by atoms with van der Waals surface area (Å²) in [6, 6.07) is 0. The van der Waals surface area contributed by atoms with Gasteiger partial charge in [-0.2, -0.15) is 0 Å². The molecule has 0 atom stereocenters. The molecule has 0 radical (unpaired) electrons. The number of hydrogen-bond acceptors (Lipinski definition) is 1. The van der Waals surface area contributed by atoms with E-state index in [0.29, 0.717) is 0 Å². The summed E-state index contributed by atoms with van der Waals surface area (Å²) in [5.74, 6) is 0. The van der Waals surface area contributed by atoms with E-state index in [1.54, 1.807) is 0 Å². The predicted molar refractivity (Wildman–Crippen MR) is 39.2 cm³/mol. The molecule has 0 unspecified atom stereocenters. The summed E-state index contributed by atoms with van der Waals surface area (Å²) in [6.07, 6.45) is 3.93. The van der Waals surface area contributed by atoms with Crippen LogP contribution in [0.25, 0.3) is 0 Å². The third-order valence-electron chi connectivity index (χ3n) is 1.08. The zero-order chi connectivity index (χ0) is 4.24. The Balaban J connectivity index is 0. The molecule has 1 rings (SSSR count). The van der Waals surface area contributed by atoms with Crippen molar-refractivity contribution in [1.82, 2.24) is 0 Å². The Bertz CT molecular complexity index is 25.9. The van der Waals surface area contributed by atoms with Gasteiger partial charge in [-0.15, -0.1) is 24.8 Å². The molecule has 0 aromatic carbocycles. The number of rotatable bonds is 0. The van der Waals surface area contributed by atoms with Crippen molar-refractivity contribution in [3.8, 4) is 0 Å². The van der Waals surface area contributed by atoms with E-state index in [1.807, 2.05) is 0 Å². The molecule has 1 heterocycles. The first-order chi connectivity index (χ1) is 3.00. The van der Waals surface area contributed by atoms with Crippen molar-refractivity contribution in [2.45, 2.75) is 19.3 Å². The third-order valence-corrected chi connectivity index (χ3v) is 1.08. The van der Waals surface area contributed by atoms with E-state index < -0.39 is 0 Å². The van der Waals surface area contributed by atoms with Crippen LogP contribution in [0, 0.1) is 0 Å². The second kappa shape index (κ2) is 7.54. The summed E-state index contributed by atoms with van der Waals surface area (Å²) in [4.78, 5) is 0. The Morgan fingerprint density at radius 2 is 1.25 bits per heavy atom. The minimum absolute atomic E-state index is 0. The Morgan fingerprint density at radius 3 is 1.38 bits per heavy atom. The molecule has 1 aliphatic rings. The minimum atomic E-state index is 0. The highest BCUT2D eigenvalue weighted by Crippen LogP contribution is 2.01. The maximum absolute atomic E-state index is 5.07. The van der Waals surface area contributed by atoms with Crippen LogP contribution in [0.15, 0.2) is 0 Å². The fourth-order valence-corrected chi connectivity index (χ4v) is 0.687. The van der Waals surface area contributed by atoms with Gasteiger partial charge in [0, 0.05) is 13.2 Å². The van der Waals surface area contributed by atoms with E-state index >= 15 is 0 Å². The highest BCUT2D eigenvalue weighted by atomic mass is 35.5. The molecule has 0 saturated carbocycles. The second-order valence-corrected chi connectivity index (χ2v) is 1.67. The van der Waals surface area contributed by atoms with Crippen molar-refractivity contribution in [2.75, 3.05) is 13.2 Å². The van der Waals surface area contributed by atoms with E-state index in [2.05, 4.69) is 0 Å². The normalized spacial score (nSPS) is 18.0. The van der Waals surface area contributed by atoms with Gasteiger partial charge in [-0.25, -0.2) is 0 Å². The average Bonchev–Trinajstić information content (AvgIpc) is 1.72. The molecule has 1 aliphatic heterocycles. The molecule has 1 nitrogen and oxygen atoms in total. The van der Waals surface area contributed by atoms with Crippen LogP contribution in [0.4, 0.5) is 0 Å². The predicted octanol–water partition coefficient (Wildman–Crippen LogP) is 2.03. The van der Waals surface area contributed by atoms with E-state index in [9.17, 15) is 0 Å². The van der Waals surface area contributed by atoms with Crippen molar-refractivity contribution in [2.24, 2.45) is 0 Å². The van der Waals surface area contributed by atoms with E-state index in [4.69, 9.17) is 4.74 Å². The minimum Gasteiger partial charge on any atom is -0.381 e. The third kappa shape index (κ3) is 4.69. The van der Waals surface area contributed by atoms with Gasteiger partial charge in [0.1, 0.15) is 0 Å². The fraction of sp³-hybridized carbons (Fsp3) is 1.00. The van der Waals surface area contributed by atoms with Gasteiger partial charge < -0.3 is 4.74 Å². The highest BCUT2D eigenvalue weighted by Gasteiger charge is 1.94. The van der Waals surface area contributed by atoms with Crippen molar-refractivity contribution < 1.29 is 4.74 Å². The SMILES string of the molecule is C1CCOCC1.Cl.Cl. The molecule has 1 saturated heterocycles. The lowest BCUT2D eigenvalue weighted by atomic mass is 10.2. The second-order valence-electron chi connectivity index (χ2n) is 1.67. The summed E-state index contributed by atoms with van der Waals surface area (Å²) in [7, 11) is 0. The van der Waals surface area contributed by atoms with Gasteiger partial charge in [0.2, 0.25) is 0 Å². The molecule has 3 heteroatoms. The molecular formula is C5H12Cl2O. The number of hydrogen-bond donors (Lipinski definition) is 0. The average molecular weight is 159 g/mol. The molecule has 0 aromatic rings. The van der Waals surface area contributed by atoms with E-state index in [1.165, 1.54) is 19.3 Å². The zero-order valence-electron chi connectivity index (χ0n) is 4.76. The van der Waals surface area contributed by atoms with Gasteiger partial charge in [0.05, 0.1) is 0 Å². The van der Waals surface area contributed by atoms with Crippen molar-refractivity contribution in [3.63, 3.8) is 0 Å². The van der Waals surface area contributed by atoms with Crippen molar-refractivity contribution >= 4 is 24.8 Å². The monoisotopic (exact) mass is 158 g/mol. The van der Waals surface area contributed by atoms with Crippen LogP contribution in [0.5, 0.6) is 0 Å². The standard InChI is InChI=1S/C5H10O.2ClH/c1-2-4-6-5-3-1;;/h1-5H2;2*1H. The fourth-order valence-electron chi connectivity index (χ4n) is 0.687. The van der Waals surface area contributed by atoms with Crippen LogP contribution in [0.2, 0.25) is 0 Å². The smallest absolute Gasteiger partial charge is 0.0466 e. The number of ether oxygens (including phenoxy) is 1. The van der Waals surface area contributed by atoms with Crippen LogP contribution >= 0.6 is 24.8 Å².